The van der Waals surface area contributed by atoms with Crippen molar-refractivity contribution in [2.75, 3.05) is 6.26 Å². The van der Waals surface area contributed by atoms with Crippen molar-refractivity contribution in [2.45, 2.75) is 12.2 Å². The average Bonchev–Trinajstić information content (AvgIpc) is 2.37. The van der Waals surface area contributed by atoms with Crippen LogP contribution in [0.1, 0.15) is 16.7 Å². The van der Waals surface area contributed by atoms with E-state index in [2.05, 4.69) is 5.16 Å². The Hall–Kier alpha value is -0.970. The number of aliphatic carboxylic acids is 1. The van der Waals surface area contributed by atoms with Crippen LogP contribution in [0.3, 0.4) is 0 Å². The van der Waals surface area contributed by atoms with Crippen LogP contribution in [0, 0.1) is 6.92 Å². The quantitative estimate of drug-likeness (QED) is 0.776. The molecule has 1 unspecified atom stereocenters. The van der Waals surface area contributed by atoms with Gasteiger partial charge in [-0.25, -0.2) is 0 Å². The lowest BCUT2D eigenvalue weighted by atomic mass is 10.3. The summed E-state index contributed by atoms with van der Waals surface area (Å²) in [4.78, 5) is 10.6. The first-order chi connectivity index (χ1) is 5.65. The summed E-state index contributed by atoms with van der Waals surface area (Å²) in [5.41, 5.74) is 0.699. The van der Waals surface area contributed by atoms with E-state index >= 15 is 0 Å². The number of carbonyl (C=O) groups is 1. The molecule has 5 heteroatoms. The van der Waals surface area contributed by atoms with E-state index in [9.17, 15) is 4.79 Å². The maximum absolute atomic E-state index is 10.6. The van der Waals surface area contributed by atoms with Crippen molar-refractivity contribution < 1.29 is 14.4 Å². The molecule has 0 saturated heterocycles. The van der Waals surface area contributed by atoms with Gasteiger partial charge < -0.3 is 9.63 Å². The SMILES string of the molecule is CSC(C(=O)O)c1cc(C)no1. The smallest absolute Gasteiger partial charge is 0.324 e. The highest BCUT2D eigenvalue weighted by molar-refractivity contribution is 7.99. The Morgan fingerprint density at radius 1 is 1.83 bits per heavy atom. The molecule has 0 saturated carbocycles. The van der Waals surface area contributed by atoms with Crippen molar-refractivity contribution in [1.82, 2.24) is 5.16 Å². The standard InChI is InChI=1S/C7H9NO3S/c1-4-3-5(11-8-4)6(12-2)7(9)10/h3,6H,1-2H3,(H,9,10). The van der Waals surface area contributed by atoms with Crippen molar-refractivity contribution in [1.29, 1.82) is 0 Å². The van der Waals surface area contributed by atoms with E-state index in [1.165, 1.54) is 11.8 Å². The number of aryl methyl sites for hydroxylation is 1. The van der Waals surface area contributed by atoms with E-state index in [-0.39, 0.29) is 0 Å². The lowest BCUT2D eigenvalue weighted by Gasteiger charge is -2.02. The van der Waals surface area contributed by atoms with Gasteiger partial charge in [0, 0.05) is 6.07 Å². The Bertz CT molecular complexity index is 284. The van der Waals surface area contributed by atoms with Gasteiger partial charge in [0.25, 0.3) is 0 Å². The molecule has 0 fully saturated rings. The second kappa shape index (κ2) is 3.62. The summed E-state index contributed by atoms with van der Waals surface area (Å²) in [6.07, 6.45) is 1.72. The summed E-state index contributed by atoms with van der Waals surface area (Å²) in [6.45, 7) is 1.76. The van der Waals surface area contributed by atoms with Gasteiger partial charge in [0.15, 0.2) is 11.0 Å². The molecule has 0 spiro atoms. The molecule has 0 aliphatic rings. The number of hydrogen-bond donors (Lipinski definition) is 1. The zero-order valence-corrected chi connectivity index (χ0v) is 7.59. The third-order valence-corrected chi connectivity index (χ3v) is 2.27. The van der Waals surface area contributed by atoms with Gasteiger partial charge in [-0.05, 0) is 13.2 Å². The monoisotopic (exact) mass is 187 g/mol. The van der Waals surface area contributed by atoms with E-state index in [1.807, 2.05) is 0 Å². The minimum atomic E-state index is -0.904. The molecule has 0 aliphatic heterocycles. The van der Waals surface area contributed by atoms with Crippen molar-refractivity contribution in [3.05, 3.63) is 17.5 Å². The molecule has 1 aromatic heterocycles. The first kappa shape index (κ1) is 9.12. The highest BCUT2D eigenvalue weighted by Crippen LogP contribution is 2.26. The normalized spacial score (nSPS) is 12.8. The largest absolute Gasteiger partial charge is 0.480 e. The molecule has 1 N–H and O–H groups in total. The fourth-order valence-corrected chi connectivity index (χ4v) is 1.39. The molecule has 1 atom stereocenters. The van der Waals surface area contributed by atoms with Crippen LogP contribution >= 0.6 is 11.8 Å². The minimum absolute atomic E-state index is 0.396. The topological polar surface area (TPSA) is 63.3 Å². The number of carboxylic acids is 1. The van der Waals surface area contributed by atoms with Crippen LogP contribution in [0.2, 0.25) is 0 Å². The van der Waals surface area contributed by atoms with Crippen LogP contribution in [0.25, 0.3) is 0 Å². The number of hydrogen-bond acceptors (Lipinski definition) is 4. The van der Waals surface area contributed by atoms with Gasteiger partial charge in [-0.15, -0.1) is 11.8 Å². The van der Waals surface area contributed by atoms with Gasteiger partial charge in [-0.3, -0.25) is 4.79 Å². The predicted molar refractivity (Wildman–Crippen MR) is 45.1 cm³/mol. The van der Waals surface area contributed by atoms with Crippen LogP contribution < -0.4 is 0 Å². The Labute approximate surface area is 73.9 Å². The maximum Gasteiger partial charge on any atom is 0.324 e. The second-order valence-electron chi connectivity index (χ2n) is 2.32. The van der Waals surface area contributed by atoms with Crippen LogP contribution in [0.5, 0.6) is 0 Å². The molecule has 1 rings (SSSR count). The summed E-state index contributed by atoms with van der Waals surface area (Å²) in [5, 5.41) is 11.7. The summed E-state index contributed by atoms with van der Waals surface area (Å²) in [6, 6.07) is 1.63. The Morgan fingerprint density at radius 3 is 2.83 bits per heavy atom. The zero-order valence-electron chi connectivity index (χ0n) is 6.77. The van der Waals surface area contributed by atoms with Crippen molar-refractivity contribution >= 4 is 17.7 Å². The molecule has 0 radical (unpaired) electrons. The van der Waals surface area contributed by atoms with Gasteiger partial charge in [-0.2, -0.15) is 0 Å². The van der Waals surface area contributed by atoms with Crippen molar-refractivity contribution in [2.24, 2.45) is 0 Å². The first-order valence-corrected chi connectivity index (χ1v) is 4.62. The third-order valence-electron chi connectivity index (χ3n) is 1.36. The van der Waals surface area contributed by atoms with E-state index in [0.29, 0.717) is 11.5 Å². The number of rotatable bonds is 3. The Morgan fingerprint density at radius 2 is 2.50 bits per heavy atom. The van der Waals surface area contributed by atoms with Crippen LogP contribution in [0.4, 0.5) is 0 Å². The number of carboxylic acid groups (broad SMARTS) is 1. The fraction of sp³-hybridized carbons (Fsp3) is 0.429. The first-order valence-electron chi connectivity index (χ1n) is 3.34. The van der Waals surface area contributed by atoms with Gasteiger partial charge in [0.05, 0.1) is 5.69 Å². The summed E-state index contributed by atoms with van der Waals surface area (Å²) >= 11 is 1.21. The number of nitrogens with zero attached hydrogens (tertiary/aromatic N) is 1. The molecule has 12 heavy (non-hydrogen) atoms. The highest BCUT2D eigenvalue weighted by atomic mass is 32.2. The predicted octanol–water partition coefficient (Wildman–Crippen LogP) is 1.47. The lowest BCUT2D eigenvalue weighted by Crippen LogP contribution is -2.06. The summed E-state index contributed by atoms with van der Waals surface area (Å²) in [5.74, 6) is -0.508. The molecule has 1 heterocycles. The van der Waals surface area contributed by atoms with Gasteiger partial charge in [-0.1, -0.05) is 5.16 Å². The van der Waals surface area contributed by atoms with E-state index in [0.717, 1.165) is 0 Å². The van der Waals surface area contributed by atoms with E-state index < -0.39 is 11.2 Å². The Balaban J connectivity index is 2.87. The van der Waals surface area contributed by atoms with Crippen LogP contribution in [0.15, 0.2) is 10.6 Å². The van der Waals surface area contributed by atoms with Crippen molar-refractivity contribution in [3.8, 4) is 0 Å². The zero-order chi connectivity index (χ0) is 9.14. The molecule has 66 valence electrons. The molecule has 0 amide bonds. The van der Waals surface area contributed by atoms with Crippen LogP contribution in [-0.4, -0.2) is 22.5 Å². The number of thioether (sulfide) groups is 1. The van der Waals surface area contributed by atoms with E-state index in [1.54, 1.807) is 19.2 Å². The van der Waals surface area contributed by atoms with Crippen LogP contribution in [-0.2, 0) is 4.79 Å². The molecule has 1 aromatic rings. The highest BCUT2D eigenvalue weighted by Gasteiger charge is 2.22. The minimum Gasteiger partial charge on any atom is -0.480 e. The second-order valence-corrected chi connectivity index (χ2v) is 3.27. The molecule has 0 aromatic carbocycles. The van der Waals surface area contributed by atoms with Crippen molar-refractivity contribution in [3.63, 3.8) is 0 Å². The molecule has 4 nitrogen and oxygen atoms in total. The van der Waals surface area contributed by atoms with E-state index in [4.69, 9.17) is 9.63 Å². The maximum atomic E-state index is 10.6. The number of aromatic nitrogens is 1. The molecule has 0 aliphatic carbocycles. The average molecular weight is 187 g/mol. The lowest BCUT2D eigenvalue weighted by molar-refractivity contribution is -0.136. The molecular formula is C7H9NO3S. The van der Waals surface area contributed by atoms with Gasteiger partial charge in [0.2, 0.25) is 0 Å². The summed E-state index contributed by atoms with van der Waals surface area (Å²) in [7, 11) is 0. The Kier molecular flexibility index (Phi) is 2.75. The van der Waals surface area contributed by atoms with Gasteiger partial charge >= 0.3 is 5.97 Å². The molecular weight excluding hydrogens is 178 g/mol. The third kappa shape index (κ3) is 1.79. The molecule has 0 bridgehead atoms. The summed E-state index contributed by atoms with van der Waals surface area (Å²) < 4.78 is 4.83. The fourth-order valence-electron chi connectivity index (χ4n) is 0.846. The van der Waals surface area contributed by atoms with Gasteiger partial charge in [0.1, 0.15) is 0 Å².